The lowest BCUT2D eigenvalue weighted by Gasteiger charge is -2.07. The Kier molecular flexibility index (Phi) is 3.05. The molecule has 0 spiro atoms. The van der Waals surface area contributed by atoms with Crippen molar-refractivity contribution in [2.45, 2.75) is 0 Å². The summed E-state index contributed by atoms with van der Waals surface area (Å²) in [6.07, 6.45) is 1.20. The third-order valence-electron chi connectivity index (χ3n) is 2.39. The van der Waals surface area contributed by atoms with Crippen molar-refractivity contribution >= 4 is 16.5 Å². The Bertz CT molecular complexity index is 652. The highest BCUT2D eigenvalue weighted by Gasteiger charge is 2.01. The van der Waals surface area contributed by atoms with E-state index in [0.717, 1.165) is 16.5 Å². The minimum Gasteiger partial charge on any atom is -0.346 e. The summed E-state index contributed by atoms with van der Waals surface area (Å²) in [6, 6.07) is 17.4. The van der Waals surface area contributed by atoms with Gasteiger partial charge in [0.1, 0.15) is 11.8 Å². The van der Waals surface area contributed by atoms with E-state index in [1.165, 1.54) is 6.08 Å². The van der Waals surface area contributed by atoms with Crippen molar-refractivity contribution < 1.29 is 0 Å². The van der Waals surface area contributed by atoms with E-state index in [1.807, 2.05) is 54.6 Å². The number of nitrogens with one attached hydrogen (secondary N) is 1. The van der Waals surface area contributed by atoms with Crippen molar-refractivity contribution in [3.63, 3.8) is 0 Å². The van der Waals surface area contributed by atoms with Crippen LogP contribution in [-0.2, 0) is 0 Å². The average Bonchev–Trinajstić information content (AvgIpc) is 2.38. The molecule has 2 aromatic carbocycles. The topological polar surface area (TPSA) is 59.6 Å². The van der Waals surface area contributed by atoms with Crippen molar-refractivity contribution in [2.24, 2.45) is 0 Å². The molecule has 3 nitrogen and oxygen atoms in total. The molecule has 2 rings (SSSR count). The highest BCUT2D eigenvalue weighted by molar-refractivity contribution is 5.94. The van der Waals surface area contributed by atoms with Gasteiger partial charge < -0.3 is 5.32 Å². The molecule has 0 saturated carbocycles. The summed E-state index contributed by atoms with van der Waals surface area (Å²) >= 11 is 0. The summed E-state index contributed by atoms with van der Waals surface area (Å²) in [6.45, 7) is 0. The highest BCUT2D eigenvalue weighted by atomic mass is 14.9. The van der Waals surface area contributed by atoms with Gasteiger partial charge in [-0.15, -0.1) is 0 Å². The van der Waals surface area contributed by atoms with Crippen LogP contribution in [0.1, 0.15) is 0 Å². The monoisotopic (exact) mass is 219 g/mol. The summed E-state index contributed by atoms with van der Waals surface area (Å²) in [5.41, 5.74) is 1.06. The molecule has 0 saturated heterocycles. The van der Waals surface area contributed by atoms with Gasteiger partial charge in [0, 0.05) is 11.1 Å². The number of hydrogen-bond acceptors (Lipinski definition) is 3. The van der Waals surface area contributed by atoms with Crippen LogP contribution >= 0.6 is 0 Å². The first kappa shape index (κ1) is 10.7. The minimum absolute atomic E-state index is 0.240. The highest BCUT2D eigenvalue weighted by Crippen LogP contribution is 2.23. The molecule has 0 bridgehead atoms. The lowest BCUT2D eigenvalue weighted by atomic mass is 10.1. The molecule has 17 heavy (non-hydrogen) atoms. The molecule has 80 valence electrons. The van der Waals surface area contributed by atoms with Crippen LogP contribution in [0.25, 0.3) is 10.8 Å². The second-order valence-corrected chi connectivity index (χ2v) is 3.45. The van der Waals surface area contributed by atoms with Crippen molar-refractivity contribution in [1.29, 1.82) is 10.5 Å². The quantitative estimate of drug-likeness (QED) is 0.789. The average molecular weight is 219 g/mol. The van der Waals surface area contributed by atoms with Gasteiger partial charge in [-0.05, 0) is 11.5 Å². The molecule has 0 aliphatic rings. The van der Waals surface area contributed by atoms with Crippen LogP contribution in [0.3, 0.4) is 0 Å². The third-order valence-corrected chi connectivity index (χ3v) is 2.39. The molecule has 0 radical (unpaired) electrons. The molecule has 2 aromatic rings. The number of nitriles is 2. The second-order valence-electron chi connectivity index (χ2n) is 3.45. The summed E-state index contributed by atoms with van der Waals surface area (Å²) < 4.78 is 0. The first-order valence-electron chi connectivity index (χ1n) is 5.10. The van der Waals surface area contributed by atoms with E-state index >= 15 is 0 Å². The minimum atomic E-state index is 0.240. The second kappa shape index (κ2) is 4.83. The Morgan fingerprint density at radius 3 is 2.59 bits per heavy atom. The molecule has 0 unspecified atom stereocenters. The number of benzene rings is 2. The van der Waals surface area contributed by atoms with Crippen LogP contribution in [-0.4, -0.2) is 0 Å². The van der Waals surface area contributed by atoms with E-state index in [9.17, 15) is 0 Å². The van der Waals surface area contributed by atoms with Crippen LogP contribution < -0.4 is 5.32 Å². The Morgan fingerprint density at radius 2 is 1.82 bits per heavy atom. The Morgan fingerprint density at radius 1 is 1.06 bits per heavy atom. The largest absolute Gasteiger partial charge is 0.346 e. The van der Waals surface area contributed by atoms with E-state index in [2.05, 4.69) is 5.32 Å². The van der Waals surface area contributed by atoms with Gasteiger partial charge >= 0.3 is 0 Å². The van der Waals surface area contributed by atoms with Crippen LogP contribution in [0.2, 0.25) is 0 Å². The maximum Gasteiger partial charge on any atom is 0.128 e. The summed E-state index contributed by atoms with van der Waals surface area (Å²) in [5, 5.41) is 22.5. The van der Waals surface area contributed by atoms with Crippen molar-refractivity contribution in [3.05, 3.63) is 54.2 Å². The zero-order valence-corrected chi connectivity index (χ0v) is 9.01. The molecule has 0 aliphatic heterocycles. The van der Waals surface area contributed by atoms with Crippen LogP contribution in [0.15, 0.2) is 54.2 Å². The van der Waals surface area contributed by atoms with E-state index in [-0.39, 0.29) is 5.70 Å². The number of rotatable bonds is 2. The van der Waals surface area contributed by atoms with Gasteiger partial charge in [-0.1, -0.05) is 36.4 Å². The number of hydrogen-bond donors (Lipinski definition) is 1. The molecule has 1 N–H and O–H groups in total. The molecule has 3 heteroatoms. The van der Waals surface area contributed by atoms with E-state index < -0.39 is 0 Å². The van der Waals surface area contributed by atoms with Crippen LogP contribution in [0.4, 0.5) is 5.69 Å². The Hall–Kier alpha value is -2.78. The van der Waals surface area contributed by atoms with Crippen molar-refractivity contribution in [3.8, 4) is 12.1 Å². The number of allylic oxidation sites excluding steroid dienone is 2. The predicted octanol–water partition coefficient (Wildman–Crippen LogP) is 3.18. The molecule has 0 aromatic heterocycles. The lowest BCUT2D eigenvalue weighted by molar-refractivity contribution is 1.43. The lowest BCUT2D eigenvalue weighted by Crippen LogP contribution is -1.97. The van der Waals surface area contributed by atoms with Gasteiger partial charge in [0.2, 0.25) is 0 Å². The van der Waals surface area contributed by atoms with Gasteiger partial charge in [-0.2, -0.15) is 10.5 Å². The van der Waals surface area contributed by atoms with E-state index in [1.54, 1.807) is 0 Å². The standard InChI is InChI=1S/C14H9N3/c15-9-8-12(10-16)17-14-7-3-5-11-4-1-2-6-13(11)14/h1-8,17H/b12-8-. The molecule has 0 amide bonds. The fourth-order valence-corrected chi connectivity index (χ4v) is 1.64. The molecule has 0 fully saturated rings. The van der Waals surface area contributed by atoms with Crippen molar-refractivity contribution in [1.82, 2.24) is 0 Å². The van der Waals surface area contributed by atoms with E-state index in [4.69, 9.17) is 10.5 Å². The van der Waals surface area contributed by atoms with Crippen LogP contribution in [0, 0.1) is 22.7 Å². The summed E-state index contributed by atoms with van der Waals surface area (Å²) in [5.74, 6) is 0. The van der Waals surface area contributed by atoms with Gasteiger partial charge in [-0.3, -0.25) is 0 Å². The van der Waals surface area contributed by atoms with Gasteiger partial charge in [0.25, 0.3) is 0 Å². The van der Waals surface area contributed by atoms with Crippen LogP contribution in [0.5, 0.6) is 0 Å². The number of anilines is 1. The van der Waals surface area contributed by atoms with Gasteiger partial charge in [-0.25, -0.2) is 0 Å². The fraction of sp³-hybridized carbons (Fsp3) is 0. The number of fused-ring (bicyclic) bond motifs is 1. The third kappa shape index (κ3) is 2.25. The predicted molar refractivity (Wildman–Crippen MR) is 66.9 cm³/mol. The number of nitrogens with zero attached hydrogens (tertiary/aromatic N) is 2. The Balaban J connectivity index is 2.47. The molecular weight excluding hydrogens is 210 g/mol. The molecule has 0 aliphatic carbocycles. The molecule has 0 heterocycles. The fourth-order valence-electron chi connectivity index (χ4n) is 1.64. The van der Waals surface area contributed by atoms with Gasteiger partial charge in [0.05, 0.1) is 12.1 Å². The van der Waals surface area contributed by atoms with Gasteiger partial charge in [0.15, 0.2) is 0 Å². The summed E-state index contributed by atoms with van der Waals surface area (Å²) in [7, 11) is 0. The first-order valence-corrected chi connectivity index (χ1v) is 5.10. The SMILES string of the molecule is N#C/C=C(/C#N)Nc1cccc2ccccc12. The zero-order chi connectivity index (χ0) is 12.1. The Labute approximate surface area is 99.2 Å². The summed E-state index contributed by atoms with van der Waals surface area (Å²) in [4.78, 5) is 0. The smallest absolute Gasteiger partial charge is 0.128 e. The first-order chi connectivity index (χ1) is 8.35. The maximum absolute atomic E-state index is 8.86. The van der Waals surface area contributed by atoms with Crippen molar-refractivity contribution in [2.75, 3.05) is 5.32 Å². The van der Waals surface area contributed by atoms with E-state index in [0.29, 0.717) is 0 Å². The molecule has 0 atom stereocenters. The maximum atomic E-state index is 8.86. The normalized spacial score (nSPS) is 10.6. The zero-order valence-electron chi connectivity index (χ0n) is 9.01. The molecular formula is C14H9N3.